The third-order valence-corrected chi connectivity index (χ3v) is 3.88. The monoisotopic (exact) mass is 299 g/mol. The Bertz CT molecular complexity index is 626. The van der Waals surface area contributed by atoms with E-state index in [1.54, 1.807) is 24.1 Å². The van der Waals surface area contributed by atoms with Gasteiger partial charge in [-0.1, -0.05) is 52.0 Å². The summed E-state index contributed by atoms with van der Waals surface area (Å²) in [6.07, 6.45) is 3.32. The van der Waals surface area contributed by atoms with E-state index in [0.717, 1.165) is 5.56 Å². The molecule has 4 nitrogen and oxygen atoms in total. The summed E-state index contributed by atoms with van der Waals surface area (Å²) in [5.74, 6) is 0.738. The summed E-state index contributed by atoms with van der Waals surface area (Å²) < 4.78 is 1.64. The normalized spacial score (nSPS) is 12.7. The van der Waals surface area contributed by atoms with Crippen LogP contribution < -0.4 is 5.32 Å². The van der Waals surface area contributed by atoms with Gasteiger partial charge in [-0.25, -0.2) is 0 Å². The predicted octanol–water partition coefficient (Wildman–Crippen LogP) is 3.67. The number of nitrogens with one attached hydrogen (secondary N) is 1. The molecule has 0 aliphatic heterocycles. The van der Waals surface area contributed by atoms with Crippen molar-refractivity contribution in [1.29, 1.82) is 0 Å². The number of benzene rings is 1. The summed E-state index contributed by atoms with van der Waals surface area (Å²) in [5.41, 5.74) is 3.04. The van der Waals surface area contributed by atoms with Gasteiger partial charge < -0.3 is 5.32 Å². The first-order valence-corrected chi connectivity index (χ1v) is 7.78. The van der Waals surface area contributed by atoms with E-state index < -0.39 is 0 Å². The summed E-state index contributed by atoms with van der Waals surface area (Å²) in [6, 6.07) is 8.51. The van der Waals surface area contributed by atoms with Crippen LogP contribution in [0.3, 0.4) is 0 Å². The molecule has 0 spiro atoms. The van der Waals surface area contributed by atoms with Crippen molar-refractivity contribution < 1.29 is 4.79 Å². The van der Waals surface area contributed by atoms with Gasteiger partial charge >= 0.3 is 0 Å². The van der Waals surface area contributed by atoms with Crippen molar-refractivity contribution in [2.24, 2.45) is 13.0 Å². The fourth-order valence-corrected chi connectivity index (χ4v) is 2.49. The maximum atomic E-state index is 12.4. The molecule has 118 valence electrons. The number of nitrogens with zero attached hydrogens (tertiary/aromatic N) is 2. The highest BCUT2D eigenvalue weighted by Crippen LogP contribution is 2.24. The third-order valence-electron chi connectivity index (χ3n) is 3.88. The van der Waals surface area contributed by atoms with Gasteiger partial charge in [-0.2, -0.15) is 5.10 Å². The highest BCUT2D eigenvalue weighted by molar-refractivity contribution is 5.93. The summed E-state index contributed by atoms with van der Waals surface area (Å²) >= 11 is 0. The van der Waals surface area contributed by atoms with Crippen LogP contribution in [0.5, 0.6) is 0 Å². The van der Waals surface area contributed by atoms with Crippen molar-refractivity contribution in [3.05, 3.63) is 53.3 Å². The number of amides is 1. The molecule has 1 aromatic heterocycles. The fourth-order valence-electron chi connectivity index (χ4n) is 2.49. The van der Waals surface area contributed by atoms with Crippen molar-refractivity contribution in [2.75, 3.05) is 0 Å². The summed E-state index contributed by atoms with van der Waals surface area (Å²) in [4.78, 5) is 12.4. The summed E-state index contributed by atoms with van der Waals surface area (Å²) in [7, 11) is 1.81. The minimum absolute atomic E-state index is 0.00563. The fraction of sp³-hybridized carbons (Fsp3) is 0.444. The number of aryl methyl sites for hydroxylation is 1. The highest BCUT2D eigenvalue weighted by atomic mass is 16.1. The molecule has 0 saturated carbocycles. The number of aromatic nitrogens is 2. The second-order valence-corrected chi connectivity index (χ2v) is 6.42. The minimum atomic E-state index is -0.0836. The van der Waals surface area contributed by atoms with Crippen LogP contribution in [0.1, 0.15) is 61.1 Å². The van der Waals surface area contributed by atoms with Gasteiger partial charge in [0, 0.05) is 13.2 Å². The molecular weight excluding hydrogens is 274 g/mol. The van der Waals surface area contributed by atoms with Gasteiger partial charge in [-0.15, -0.1) is 0 Å². The molecule has 2 rings (SSSR count). The van der Waals surface area contributed by atoms with Crippen molar-refractivity contribution in [3.63, 3.8) is 0 Å². The van der Waals surface area contributed by atoms with Crippen molar-refractivity contribution >= 4 is 5.91 Å². The second kappa shape index (κ2) is 6.77. The van der Waals surface area contributed by atoms with Crippen LogP contribution in [-0.2, 0) is 7.05 Å². The topological polar surface area (TPSA) is 46.9 Å². The van der Waals surface area contributed by atoms with Crippen LogP contribution in [0.4, 0.5) is 0 Å². The zero-order valence-electron chi connectivity index (χ0n) is 14.0. The average molecular weight is 299 g/mol. The van der Waals surface area contributed by atoms with Crippen LogP contribution in [0, 0.1) is 5.92 Å². The highest BCUT2D eigenvalue weighted by Gasteiger charge is 2.20. The first kappa shape index (κ1) is 16.3. The third kappa shape index (κ3) is 3.75. The number of rotatable bonds is 5. The summed E-state index contributed by atoms with van der Waals surface area (Å²) in [6.45, 7) is 8.59. The lowest BCUT2D eigenvalue weighted by atomic mass is 9.93. The maximum Gasteiger partial charge on any atom is 0.254 e. The average Bonchev–Trinajstić information content (AvgIpc) is 2.91. The largest absolute Gasteiger partial charge is 0.345 e. The number of carbonyl (C=O) groups is 1. The Labute approximate surface area is 132 Å². The zero-order chi connectivity index (χ0) is 16.3. The smallest absolute Gasteiger partial charge is 0.254 e. The van der Waals surface area contributed by atoms with E-state index in [9.17, 15) is 4.79 Å². The van der Waals surface area contributed by atoms with Crippen molar-refractivity contribution in [2.45, 2.75) is 39.7 Å². The molecule has 0 aliphatic rings. The Morgan fingerprint density at radius 2 is 1.68 bits per heavy atom. The van der Waals surface area contributed by atoms with E-state index in [4.69, 9.17) is 0 Å². The lowest BCUT2D eigenvalue weighted by molar-refractivity contribution is 0.0925. The van der Waals surface area contributed by atoms with Crippen molar-refractivity contribution in [3.8, 4) is 0 Å². The standard InChI is InChI=1S/C18H25N3O/c1-12(2)14-6-8-15(9-7-14)17(13(3)4)20-18(22)16-10-19-21(5)11-16/h6-13,17H,1-5H3,(H,20,22)/t17-/m1/s1. The molecule has 0 radical (unpaired) electrons. The summed E-state index contributed by atoms with van der Waals surface area (Å²) in [5, 5.41) is 7.17. The molecule has 0 aliphatic carbocycles. The van der Waals surface area contributed by atoms with Crippen LogP contribution in [-0.4, -0.2) is 15.7 Å². The van der Waals surface area contributed by atoms with E-state index in [1.807, 2.05) is 0 Å². The number of hydrogen-bond donors (Lipinski definition) is 1. The van der Waals surface area contributed by atoms with Crippen molar-refractivity contribution in [1.82, 2.24) is 15.1 Å². The zero-order valence-corrected chi connectivity index (χ0v) is 14.0. The molecule has 22 heavy (non-hydrogen) atoms. The number of hydrogen-bond acceptors (Lipinski definition) is 2. The van der Waals surface area contributed by atoms with Gasteiger partial charge in [0.05, 0.1) is 17.8 Å². The van der Waals surface area contributed by atoms with Gasteiger partial charge in [-0.3, -0.25) is 9.48 Å². The molecule has 0 fully saturated rings. The van der Waals surface area contributed by atoms with Crippen LogP contribution in [0.15, 0.2) is 36.7 Å². The van der Waals surface area contributed by atoms with Crippen LogP contribution >= 0.6 is 0 Å². The number of carbonyl (C=O) groups excluding carboxylic acids is 1. The Balaban J connectivity index is 2.17. The van der Waals surface area contributed by atoms with E-state index >= 15 is 0 Å². The molecule has 1 aromatic carbocycles. The molecule has 0 saturated heterocycles. The molecule has 1 N–H and O–H groups in total. The Morgan fingerprint density at radius 1 is 1.09 bits per heavy atom. The van der Waals surface area contributed by atoms with E-state index in [1.165, 1.54) is 5.56 Å². The second-order valence-electron chi connectivity index (χ2n) is 6.42. The Morgan fingerprint density at radius 3 is 2.14 bits per heavy atom. The molecule has 0 bridgehead atoms. The van der Waals surface area contributed by atoms with Gasteiger partial charge in [0.2, 0.25) is 0 Å². The first-order valence-electron chi connectivity index (χ1n) is 7.78. The lowest BCUT2D eigenvalue weighted by Gasteiger charge is -2.23. The van der Waals surface area contributed by atoms with Gasteiger partial charge in [0.1, 0.15) is 0 Å². The molecule has 4 heteroatoms. The van der Waals surface area contributed by atoms with Crippen LogP contribution in [0.2, 0.25) is 0 Å². The maximum absolute atomic E-state index is 12.4. The lowest BCUT2D eigenvalue weighted by Crippen LogP contribution is -2.31. The van der Waals surface area contributed by atoms with Crippen LogP contribution in [0.25, 0.3) is 0 Å². The van der Waals surface area contributed by atoms with E-state index in [2.05, 4.69) is 62.4 Å². The molecule has 0 unspecified atom stereocenters. The first-order chi connectivity index (χ1) is 10.4. The van der Waals surface area contributed by atoms with E-state index in [-0.39, 0.29) is 11.9 Å². The van der Waals surface area contributed by atoms with Gasteiger partial charge in [0.25, 0.3) is 5.91 Å². The minimum Gasteiger partial charge on any atom is -0.345 e. The molecule has 1 atom stereocenters. The molecule has 1 amide bonds. The predicted molar refractivity (Wildman–Crippen MR) is 88.8 cm³/mol. The SMILES string of the molecule is CC(C)c1ccc([C@H](NC(=O)c2cnn(C)c2)C(C)C)cc1. The van der Waals surface area contributed by atoms with Gasteiger partial charge in [0.15, 0.2) is 0 Å². The Hall–Kier alpha value is -2.10. The molecule has 2 aromatic rings. The molecule has 1 heterocycles. The molecular formula is C18H25N3O. The van der Waals surface area contributed by atoms with E-state index in [0.29, 0.717) is 17.4 Å². The Kier molecular flexibility index (Phi) is 5.01. The quantitative estimate of drug-likeness (QED) is 0.915. The van der Waals surface area contributed by atoms with Gasteiger partial charge in [-0.05, 0) is 23.0 Å².